The lowest BCUT2D eigenvalue weighted by molar-refractivity contribution is -0.132. The first kappa shape index (κ1) is 22.5. The fourth-order valence-electron chi connectivity index (χ4n) is 3.89. The Balaban J connectivity index is 1.87. The minimum Gasteiger partial charge on any atom is -0.507 e. The molecule has 1 aliphatic heterocycles. The molecule has 1 amide bonds. The van der Waals surface area contributed by atoms with Crippen molar-refractivity contribution in [2.45, 2.75) is 19.9 Å². The van der Waals surface area contributed by atoms with Gasteiger partial charge in [-0.2, -0.15) is 0 Å². The number of methoxy groups -OCH3 is 1. The molecule has 1 atom stereocenters. The molecule has 1 aliphatic rings. The third kappa shape index (κ3) is 3.96. The van der Waals surface area contributed by atoms with E-state index in [0.29, 0.717) is 35.1 Å². The predicted octanol–water partition coefficient (Wildman–Crippen LogP) is 5.28. The van der Waals surface area contributed by atoms with Gasteiger partial charge < -0.3 is 19.0 Å². The summed E-state index contributed by atoms with van der Waals surface area (Å²) in [6.07, 6.45) is 1.44. The van der Waals surface area contributed by atoms with E-state index in [-0.39, 0.29) is 16.4 Å². The van der Waals surface area contributed by atoms with Crippen LogP contribution in [0.25, 0.3) is 5.76 Å². The molecule has 0 radical (unpaired) electrons. The highest BCUT2D eigenvalue weighted by molar-refractivity contribution is 6.51. The number of ether oxygens (including phenoxy) is 2. The van der Waals surface area contributed by atoms with Gasteiger partial charge in [-0.3, -0.25) is 14.5 Å². The number of hydrogen-bond acceptors (Lipinski definition) is 6. The molecule has 7 nitrogen and oxygen atoms in total. The van der Waals surface area contributed by atoms with E-state index in [1.54, 1.807) is 42.5 Å². The molecule has 1 unspecified atom stereocenters. The van der Waals surface area contributed by atoms with Crippen molar-refractivity contribution in [2.24, 2.45) is 0 Å². The largest absolute Gasteiger partial charge is 0.507 e. The average Bonchev–Trinajstić information content (AvgIpc) is 3.42. The Labute approximate surface area is 195 Å². The van der Waals surface area contributed by atoms with Crippen LogP contribution in [0.2, 0.25) is 5.02 Å². The van der Waals surface area contributed by atoms with Crippen LogP contribution in [0, 0.1) is 6.92 Å². The Morgan fingerprint density at radius 1 is 1.15 bits per heavy atom. The van der Waals surface area contributed by atoms with Crippen LogP contribution < -0.4 is 14.4 Å². The van der Waals surface area contributed by atoms with Crippen LogP contribution in [0.15, 0.2) is 64.8 Å². The summed E-state index contributed by atoms with van der Waals surface area (Å²) in [7, 11) is 1.48. The van der Waals surface area contributed by atoms with E-state index in [0.717, 1.165) is 5.56 Å². The number of anilines is 1. The Morgan fingerprint density at radius 3 is 2.52 bits per heavy atom. The maximum Gasteiger partial charge on any atom is 0.300 e. The van der Waals surface area contributed by atoms with Crippen LogP contribution in [0.4, 0.5) is 5.69 Å². The van der Waals surface area contributed by atoms with E-state index in [2.05, 4.69) is 0 Å². The molecule has 0 spiro atoms. The van der Waals surface area contributed by atoms with Crippen LogP contribution in [0.1, 0.15) is 29.9 Å². The number of rotatable bonds is 6. The third-order valence-corrected chi connectivity index (χ3v) is 5.71. The number of carbonyl (C=O) groups is 2. The standard InChI is InChI=1S/C25H22ClNO6/c1-4-32-18-9-7-15(12-14(18)2)23(28)21-22(20-6-5-11-33-20)27(25(30)24(21)29)16-8-10-19(31-3)17(26)13-16/h5-13,22,28H,4H2,1-3H3/b23-21-. The summed E-state index contributed by atoms with van der Waals surface area (Å²) in [4.78, 5) is 27.5. The molecule has 2 heterocycles. The second-order valence-electron chi connectivity index (χ2n) is 7.42. The van der Waals surface area contributed by atoms with Crippen LogP contribution in [-0.2, 0) is 9.59 Å². The average molecular weight is 468 g/mol. The van der Waals surface area contributed by atoms with Crippen LogP contribution in [0.5, 0.6) is 11.5 Å². The number of aliphatic hydroxyl groups is 1. The third-order valence-electron chi connectivity index (χ3n) is 5.42. The van der Waals surface area contributed by atoms with Crippen LogP contribution >= 0.6 is 11.6 Å². The normalized spacial score (nSPS) is 17.5. The topological polar surface area (TPSA) is 89.2 Å². The van der Waals surface area contributed by atoms with E-state index in [9.17, 15) is 14.7 Å². The van der Waals surface area contributed by atoms with Crippen LogP contribution in [-0.4, -0.2) is 30.5 Å². The number of benzene rings is 2. The number of aliphatic hydroxyl groups excluding tert-OH is 1. The maximum atomic E-state index is 13.1. The van der Waals surface area contributed by atoms with Crippen molar-refractivity contribution in [1.29, 1.82) is 0 Å². The van der Waals surface area contributed by atoms with E-state index in [4.69, 9.17) is 25.5 Å². The van der Waals surface area contributed by atoms with E-state index < -0.39 is 17.7 Å². The lowest BCUT2D eigenvalue weighted by atomic mass is 9.98. The number of Topliss-reactive ketones (excluding diaryl/α,β-unsaturated/α-hetero) is 1. The SMILES string of the molecule is CCOc1ccc(/C(O)=C2/C(=O)C(=O)N(c3ccc(OC)c(Cl)c3)C2c2ccco2)cc1C. The van der Waals surface area contributed by atoms with Gasteiger partial charge in [-0.25, -0.2) is 0 Å². The minimum atomic E-state index is -0.976. The first-order valence-electron chi connectivity index (χ1n) is 10.3. The number of carbonyl (C=O) groups excluding carboxylic acids is 2. The zero-order valence-electron chi connectivity index (χ0n) is 18.3. The van der Waals surface area contributed by atoms with E-state index in [1.165, 1.54) is 24.3 Å². The smallest absolute Gasteiger partial charge is 0.300 e. The maximum absolute atomic E-state index is 13.1. The Kier molecular flexibility index (Phi) is 6.16. The van der Waals surface area contributed by atoms with E-state index >= 15 is 0 Å². The van der Waals surface area contributed by atoms with Crippen molar-refractivity contribution in [3.05, 3.63) is 82.3 Å². The molecule has 170 valence electrons. The van der Waals surface area contributed by atoms with Crippen molar-refractivity contribution in [3.8, 4) is 11.5 Å². The highest BCUT2D eigenvalue weighted by atomic mass is 35.5. The Bertz CT molecular complexity index is 1250. The van der Waals surface area contributed by atoms with Gasteiger partial charge in [0.15, 0.2) is 0 Å². The second kappa shape index (κ2) is 9.03. The number of amides is 1. The molecule has 0 bridgehead atoms. The molecule has 3 aromatic rings. The predicted molar refractivity (Wildman–Crippen MR) is 124 cm³/mol. The molecular formula is C25H22ClNO6. The van der Waals surface area contributed by atoms with Crippen molar-refractivity contribution in [3.63, 3.8) is 0 Å². The highest BCUT2D eigenvalue weighted by Crippen LogP contribution is 2.43. The van der Waals surface area contributed by atoms with Gasteiger partial charge in [0.2, 0.25) is 0 Å². The lowest BCUT2D eigenvalue weighted by Crippen LogP contribution is -2.29. The first-order chi connectivity index (χ1) is 15.9. The molecule has 1 N–H and O–H groups in total. The number of nitrogens with zero attached hydrogens (tertiary/aromatic N) is 1. The zero-order chi connectivity index (χ0) is 23.7. The van der Waals surface area contributed by atoms with Crippen molar-refractivity contribution >= 4 is 34.7 Å². The van der Waals surface area contributed by atoms with Crippen molar-refractivity contribution in [2.75, 3.05) is 18.6 Å². The molecule has 33 heavy (non-hydrogen) atoms. The van der Waals surface area contributed by atoms with Gasteiger partial charge in [-0.05, 0) is 67.9 Å². The van der Waals surface area contributed by atoms with Gasteiger partial charge >= 0.3 is 0 Å². The second-order valence-corrected chi connectivity index (χ2v) is 7.82. The molecule has 1 saturated heterocycles. The number of aryl methyl sites for hydroxylation is 1. The number of ketones is 1. The van der Waals surface area contributed by atoms with Gasteiger partial charge in [0.05, 0.1) is 30.6 Å². The summed E-state index contributed by atoms with van der Waals surface area (Å²) >= 11 is 6.27. The summed E-state index contributed by atoms with van der Waals surface area (Å²) in [5, 5.41) is 11.5. The minimum absolute atomic E-state index is 0.0783. The van der Waals surface area contributed by atoms with Gasteiger partial charge in [-0.15, -0.1) is 0 Å². The number of halogens is 1. The quantitative estimate of drug-likeness (QED) is 0.301. The fraction of sp³-hybridized carbons (Fsp3) is 0.200. The molecular weight excluding hydrogens is 446 g/mol. The van der Waals surface area contributed by atoms with Crippen molar-refractivity contribution < 1.29 is 28.6 Å². The van der Waals surface area contributed by atoms with Gasteiger partial charge in [0.1, 0.15) is 29.1 Å². The monoisotopic (exact) mass is 467 g/mol. The first-order valence-corrected chi connectivity index (χ1v) is 10.7. The van der Waals surface area contributed by atoms with Gasteiger partial charge in [-0.1, -0.05) is 11.6 Å². The van der Waals surface area contributed by atoms with Crippen LogP contribution in [0.3, 0.4) is 0 Å². The molecule has 1 aromatic heterocycles. The molecule has 8 heteroatoms. The highest BCUT2D eigenvalue weighted by Gasteiger charge is 2.48. The van der Waals surface area contributed by atoms with Crippen molar-refractivity contribution in [1.82, 2.24) is 0 Å². The Morgan fingerprint density at radius 2 is 1.91 bits per heavy atom. The summed E-state index contributed by atoms with van der Waals surface area (Å²) in [5.41, 5.74) is 1.46. The molecule has 4 rings (SSSR count). The van der Waals surface area contributed by atoms with E-state index in [1.807, 2.05) is 13.8 Å². The molecule has 0 aliphatic carbocycles. The molecule has 2 aromatic carbocycles. The molecule has 1 fully saturated rings. The fourth-order valence-corrected chi connectivity index (χ4v) is 4.14. The number of furan rings is 1. The summed E-state index contributed by atoms with van der Waals surface area (Å²) in [6, 6.07) is 12.1. The summed E-state index contributed by atoms with van der Waals surface area (Å²) < 4.78 is 16.3. The summed E-state index contributed by atoms with van der Waals surface area (Å²) in [5.74, 6) is -0.510. The zero-order valence-corrected chi connectivity index (χ0v) is 19.1. The lowest BCUT2D eigenvalue weighted by Gasteiger charge is -2.24. The summed E-state index contributed by atoms with van der Waals surface area (Å²) in [6.45, 7) is 4.22. The number of hydrogen-bond donors (Lipinski definition) is 1. The molecule has 0 saturated carbocycles. The van der Waals surface area contributed by atoms with Gasteiger partial charge in [0, 0.05) is 11.3 Å². The Hall–Kier alpha value is -3.71. The van der Waals surface area contributed by atoms with Gasteiger partial charge in [0.25, 0.3) is 11.7 Å².